The third kappa shape index (κ3) is 4.21. The Balaban J connectivity index is 0.00000231. The number of benzene rings is 2. The van der Waals surface area contributed by atoms with Crippen molar-refractivity contribution in [3.8, 4) is 0 Å². The van der Waals surface area contributed by atoms with E-state index in [1.807, 2.05) is 35.4 Å². The maximum atomic E-state index is 12.7. The predicted octanol–water partition coefficient (Wildman–Crippen LogP) is 5.65. The Bertz CT molecular complexity index is 1170. The van der Waals surface area contributed by atoms with Crippen molar-refractivity contribution in [3.63, 3.8) is 0 Å². The van der Waals surface area contributed by atoms with Gasteiger partial charge in [0.05, 0.1) is 11.9 Å². The second-order valence-electron chi connectivity index (χ2n) is 7.96. The van der Waals surface area contributed by atoms with Crippen LogP contribution in [0.3, 0.4) is 0 Å². The molecule has 31 heavy (non-hydrogen) atoms. The molecular formula is C24H28N5OP. The van der Waals surface area contributed by atoms with Crippen molar-refractivity contribution in [1.82, 2.24) is 9.97 Å². The fourth-order valence-corrected chi connectivity index (χ4v) is 4.99. The molecule has 0 saturated heterocycles. The van der Waals surface area contributed by atoms with Crippen LogP contribution in [0, 0.1) is 0 Å². The molecule has 7 heteroatoms. The Morgan fingerprint density at radius 2 is 1.77 bits per heavy atom. The molecular weight excluding hydrogens is 405 g/mol. The second kappa shape index (κ2) is 8.20. The van der Waals surface area contributed by atoms with E-state index in [1.165, 1.54) is 5.69 Å². The molecule has 2 aromatic carbocycles. The summed E-state index contributed by atoms with van der Waals surface area (Å²) in [5.41, 5.74) is 4.05. The summed E-state index contributed by atoms with van der Waals surface area (Å²) in [5, 5.41) is 4.15. The molecule has 1 aromatic heterocycles. The maximum absolute atomic E-state index is 12.7. The van der Waals surface area contributed by atoms with Crippen LogP contribution in [0.4, 0.5) is 34.5 Å². The van der Waals surface area contributed by atoms with Gasteiger partial charge in [0, 0.05) is 29.8 Å². The molecule has 2 aliphatic rings. The SMILES string of the molecule is C.CP(C)(=O)c1ccccc1N1c2cnc(Nc3ccc(N4CC=CCC4)cc3)nc21. The lowest BCUT2D eigenvalue weighted by Crippen LogP contribution is -2.26. The van der Waals surface area contributed by atoms with Crippen molar-refractivity contribution in [2.75, 3.05) is 41.5 Å². The molecule has 1 N–H and O–H groups in total. The van der Waals surface area contributed by atoms with Gasteiger partial charge in [0.2, 0.25) is 5.95 Å². The summed E-state index contributed by atoms with van der Waals surface area (Å²) in [6.45, 7) is 5.60. The van der Waals surface area contributed by atoms with Crippen LogP contribution >= 0.6 is 7.14 Å². The van der Waals surface area contributed by atoms with Gasteiger partial charge >= 0.3 is 0 Å². The van der Waals surface area contributed by atoms with Crippen LogP contribution in [0.5, 0.6) is 0 Å². The van der Waals surface area contributed by atoms with Gasteiger partial charge in [0.25, 0.3) is 0 Å². The average Bonchev–Trinajstić information content (AvgIpc) is 3.47. The number of hydrogen-bond donors (Lipinski definition) is 1. The number of anilines is 6. The molecule has 2 aliphatic heterocycles. The van der Waals surface area contributed by atoms with E-state index >= 15 is 0 Å². The fraction of sp³-hybridized carbons (Fsp3) is 0.250. The highest BCUT2D eigenvalue weighted by Crippen LogP contribution is 2.53. The molecule has 0 saturated carbocycles. The van der Waals surface area contributed by atoms with Gasteiger partial charge in [-0.3, -0.25) is 4.90 Å². The Hall–Kier alpha value is -3.11. The normalized spacial score (nSPS) is 14.6. The van der Waals surface area contributed by atoms with Crippen molar-refractivity contribution < 1.29 is 4.57 Å². The first-order chi connectivity index (χ1) is 14.5. The van der Waals surface area contributed by atoms with E-state index in [0.717, 1.165) is 47.7 Å². The molecule has 0 atom stereocenters. The Labute approximate surface area is 184 Å². The lowest BCUT2D eigenvalue weighted by Gasteiger charge is -2.25. The smallest absolute Gasteiger partial charge is 0.229 e. The molecule has 3 heterocycles. The third-order valence-electron chi connectivity index (χ3n) is 5.40. The molecule has 0 amide bonds. The van der Waals surface area contributed by atoms with Gasteiger partial charge in [0.15, 0.2) is 5.82 Å². The topological polar surface area (TPSA) is 61.1 Å². The van der Waals surface area contributed by atoms with E-state index in [4.69, 9.17) is 0 Å². The highest BCUT2D eigenvalue weighted by molar-refractivity contribution is 7.70. The van der Waals surface area contributed by atoms with Gasteiger partial charge in [-0.15, -0.1) is 0 Å². The number of rotatable bonds is 5. The number of hydrogen-bond acceptors (Lipinski definition) is 6. The molecule has 0 bridgehead atoms. The first-order valence-corrected chi connectivity index (χ1v) is 12.7. The largest absolute Gasteiger partial charge is 0.367 e. The number of para-hydroxylation sites is 1. The minimum atomic E-state index is -2.40. The first-order valence-electron chi connectivity index (χ1n) is 10.1. The van der Waals surface area contributed by atoms with Crippen LogP contribution in [0.25, 0.3) is 0 Å². The van der Waals surface area contributed by atoms with Crippen molar-refractivity contribution in [3.05, 3.63) is 66.9 Å². The molecule has 5 rings (SSSR count). The molecule has 0 fully saturated rings. The number of aromatic nitrogens is 2. The lowest BCUT2D eigenvalue weighted by molar-refractivity contribution is 0.588. The fourth-order valence-electron chi connectivity index (χ4n) is 3.82. The van der Waals surface area contributed by atoms with Gasteiger partial charge in [0.1, 0.15) is 12.8 Å². The Morgan fingerprint density at radius 3 is 2.48 bits per heavy atom. The maximum Gasteiger partial charge on any atom is 0.229 e. The van der Waals surface area contributed by atoms with E-state index in [-0.39, 0.29) is 7.43 Å². The summed E-state index contributed by atoms with van der Waals surface area (Å²) >= 11 is 0. The Kier molecular flexibility index (Phi) is 5.59. The zero-order chi connectivity index (χ0) is 20.7. The van der Waals surface area contributed by atoms with Gasteiger partial charge in [-0.1, -0.05) is 31.7 Å². The molecule has 0 radical (unpaired) electrons. The monoisotopic (exact) mass is 433 g/mol. The van der Waals surface area contributed by atoms with Crippen LogP contribution < -0.4 is 20.4 Å². The van der Waals surface area contributed by atoms with Crippen LogP contribution in [0.15, 0.2) is 66.9 Å². The summed E-state index contributed by atoms with van der Waals surface area (Å²) in [6.07, 6.45) is 7.34. The van der Waals surface area contributed by atoms with Crippen LogP contribution in [-0.4, -0.2) is 36.4 Å². The van der Waals surface area contributed by atoms with E-state index in [9.17, 15) is 4.57 Å². The summed E-state index contributed by atoms with van der Waals surface area (Å²) in [5.74, 6) is 1.41. The number of nitrogens with one attached hydrogen (secondary N) is 1. The minimum absolute atomic E-state index is 0. The van der Waals surface area contributed by atoms with Gasteiger partial charge in [-0.25, -0.2) is 4.98 Å². The zero-order valence-corrected chi connectivity index (χ0v) is 18.0. The molecule has 0 unspecified atom stereocenters. The van der Waals surface area contributed by atoms with Crippen molar-refractivity contribution in [1.29, 1.82) is 0 Å². The minimum Gasteiger partial charge on any atom is -0.367 e. The highest BCUT2D eigenvalue weighted by atomic mass is 31.2. The molecule has 3 aromatic rings. The van der Waals surface area contributed by atoms with Crippen molar-refractivity contribution in [2.24, 2.45) is 0 Å². The summed E-state index contributed by atoms with van der Waals surface area (Å²) in [6, 6.07) is 16.2. The number of fused-ring (bicyclic) bond motifs is 1. The molecule has 160 valence electrons. The number of nitrogens with zero attached hydrogens (tertiary/aromatic N) is 4. The average molecular weight is 433 g/mol. The van der Waals surface area contributed by atoms with Crippen LogP contribution in [-0.2, 0) is 4.57 Å². The summed E-state index contributed by atoms with van der Waals surface area (Å²) < 4.78 is 12.7. The van der Waals surface area contributed by atoms with Gasteiger partial charge < -0.3 is 14.8 Å². The zero-order valence-electron chi connectivity index (χ0n) is 17.1. The van der Waals surface area contributed by atoms with Crippen molar-refractivity contribution >= 4 is 47.0 Å². The van der Waals surface area contributed by atoms with E-state index in [1.54, 1.807) is 13.3 Å². The standard InChI is InChI=1S/C23H24N5OP.CH4/c1-30(2,29)21-9-5-4-8-19(21)28-20-16-24-23(26-22(20)28)25-17-10-12-18(13-11-17)27-14-6-3-7-15-27;/h3-6,8-13,16H,7,14-15H2,1-2H3,(H,24,25,26);1H4. The summed E-state index contributed by atoms with van der Waals surface area (Å²) in [4.78, 5) is 13.5. The van der Waals surface area contributed by atoms with Gasteiger partial charge in [-0.2, -0.15) is 4.98 Å². The van der Waals surface area contributed by atoms with Crippen molar-refractivity contribution in [2.45, 2.75) is 13.8 Å². The lowest BCUT2D eigenvalue weighted by atomic mass is 10.2. The Morgan fingerprint density at radius 1 is 1.00 bits per heavy atom. The van der Waals surface area contributed by atoms with Crippen LogP contribution in [0.2, 0.25) is 0 Å². The first kappa shape index (κ1) is 21.1. The predicted molar refractivity (Wildman–Crippen MR) is 132 cm³/mol. The van der Waals surface area contributed by atoms with Crippen LogP contribution in [0.1, 0.15) is 13.8 Å². The molecule has 0 aliphatic carbocycles. The third-order valence-corrected chi connectivity index (χ3v) is 6.94. The quantitative estimate of drug-likeness (QED) is 0.249. The van der Waals surface area contributed by atoms with E-state index in [2.05, 4.69) is 56.6 Å². The highest BCUT2D eigenvalue weighted by Gasteiger charge is 2.36. The van der Waals surface area contributed by atoms with E-state index in [0.29, 0.717) is 5.95 Å². The van der Waals surface area contributed by atoms with E-state index < -0.39 is 7.14 Å². The second-order valence-corrected chi connectivity index (χ2v) is 11.1. The summed E-state index contributed by atoms with van der Waals surface area (Å²) in [7, 11) is -2.40. The van der Waals surface area contributed by atoms with Gasteiger partial charge in [-0.05, 0) is 56.1 Å². The molecule has 0 spiro atoms. The molecule has 6 nitrogen and oxygen atoms in total.